The standard InChI is InChI=1S/C21H32N2O3/c1-13-10-14-11-17-16(7-8-18(24)22-17)21(12-13)15(14)6-5-9-23(21)19(25)26-20(2,3)4/h13-15H,5-12H2,1-4H3,(H,22,24)/t13-,14+,15-,21-/m1/s1. The number of nitrogens with zero attached hydrogens (tertiary/aromatic N) is 1. The van der Waals surface area contributed by atoms with Gasteiger partial charge in [-0.1, -0.05) is 6.92 Å². The van der Waals surface area contributed by atoms with Crippen LogP contribution in [0.3, 0.4) is 0 Å². The molecule has 0 aromatic carbocycles. The van der Waals surface area contributed by atoms with Crippen molar-refractivity contribution in [1.82, 2.24) is 10.2 Å². The summed E-state index contributed by atoms with van der Waals surface area (Å²) in [5, 5.41) is 3.16. The molecule has 2 bridgehead atoms. The van der Waals surface area contributed by atoms with Crippen LogP contribution in [0, 0.1) is 17.8 Å². The molecule has 4 rings (SSSR count). The van der Waals surface area contributed by atoms with Gasteiger partial charge >= 0.3 is 6.09 Å². The van der Waals surface area contributed by atoms with Crippen LogP contribution in [-0.4, -0.2) is 34.6 Å². The Kier molecular flexibility index (Phi) is 4.12. The first-order chi connectivity index (χ1) is 12.2. The summed E-state index contributed by atoms with van der Waals surface area (Å²) >= 11 is 0. The van der Waals surface area contributed by atoms with Gasteiger partial charge in [0.2, 0.25) is 5.91 Å². The van der Waals surface area contributed by atoms with Crippen molar-refractivity contribution in [1.29, 1.82) is 0 Å². The lowest BCUT2D eigenvalue weighted by Crippen LogP contribution is -2.67. The number of amides is 2. The third-order valence-electron chi connectivity index (χ3n) is 6.79. The molecular weight excluding hydrogens is 328 g/mol. The van der Waals surface area contributed by atoms with Crippen LogP contribution in [0.1, 0.15) is 72.6 Å². The number of nitrogens with one attached hydrogen (secondary N) is 1. The molecule has 1 N–H and O–H groups in total. The zero-order chi connectivity index (χ0) is 18.7. The molecular formula is C21H32N2O3. The molecule has 0 spiro atoms. The number of allylic oxidation sites excluding steroid dienone is 1. The molecule has 26 heavy (non-hydrogen) atoms. The molecule has 5 nitrogen and oxygen atoms in total. The van der Waals surface area contributed by atoms with Crippen LogP contribution in [0.2, 0.25) is 0 Å². The summed E-state index contributed by atoms with van der Waals surface area (Å²) in [5.74, 6) is 1.78. The van der Waals surface area contributed by atoms with Gasteiger partial charge in [-0.05, 0) is 82.6 Å². The Morgan fingerprint density at radius 2 is 2.08 bits per heavy atom. The molecule has 4 aliphatic rings. The second-order valence-electron chi connectivity index (χ2n) is 9.82. The Labute approximate surface area is 156 Å². The highest BCUT2D eigenvalue weighted by Gasteiger charge is 2.60. The monoisotopic (exact) mass is 360 g/mol. The van der Waals surface area contributed by atoms with Gasteiger partial charge < -0.3 is 10.1 Å². The second kappa shape index (κ2) is 6.00. The maximum Gasteiger partial charge on any atom is 0.411 e. The van der Waals surface area contributed by atoms with Crippen molar-refractivity contribution in [2.45, 2.75) is 83.8 Å². The minimum absolute atomic E-state index is 0.129. The van der Waals surface area contributed by atoms with E-state index in [1.54, 1.807) is 0 Å². The topological polar surface area (TPSA) is 58.6 Å². The van der Waals surface area contributed by atoms with Crippen LogP contribution >= 0.6 is 0 Å². The molecule has 0 aromatic rings. The molecule has 2 aliphatic carbocycles. The number of hydrogen-bond acceptors (Lipinski definition) is 3. The van der Waals surface area contributed by atoms with Crippen LogP contribution in [0.25, 0.3) is 0 Å². The van der Waals surface area contributed by atoms with Crippen molar-refractivity contribution >= 4 is 12.0 Å². The highest BCUT2D eigenvalue weighted by Crippen LogP contribution is 2.59. The summed E-state index contributed by atoms with van der Waals surface area (Å²) in [6.45, 7) is 8.88. The average molecular weight is 360 g/mol. The van der Waals surface area contributed by atoms with Gasteiger partial charge in [0.05, 0.1) is 5.54 Å². The van der Waals surface area contributed by atoms with Crippen molar-refractivity contribution in [2.75, 3.05) is 6.54 Å². The largest absolute Gasteiger partial charge is 0.444 e. The summed E-state index contributed by atoms with van der Waals surface area (Å²) in [6, 6.07) is 0. The van der Waals surface area contributed by atoms with Crippen LogP contribution in [-0.2, 0) is 9.53 Å². The van der Waals surface area contributed by atoms with Crippen LogP contribution in [0.5, 0.6) is 0 Å². The van der Waals surface area contributed by atoms with E-state index in [1.807, 2.05) is 20.8 Å². The molecule has 1 saturated carbocycles. The van der Waals surface area contributed by atoms with Crippen molar-refractivity contribution < 1.29 is 14.3 Å². The highest BCUT2D eigenvalue weighted by atomic mass is 16.6. The summed E-state index contributed by atoms with van der Waals surface area (Å²) < 4.78 is 5.83. The molecule has 0 aromatic heterocycles. The fourth-order valence-corrected chi connectivity index (χ4v) is 6.21. The molecule has 2 amide bonds. The maximum absolute atomic E-state index is 13.2. The van der Waals surface area contributed by atoms with Crippen molar-refractivity contribution in [3.8, 4) is 0 Å². The molecule has 0 radical (unpaired) electrons. The first-order valence-corrected chi connectivity index (χ1v) is 10.2. The molecule has 2 fully saturated rings. The third kappa shape index (κ3) is 2.74. The molecule has 1 saturated heterocycles. The zero-order valence-corrected chi connectivity index (χ0v) is 16.6. The Morgan fingerprint density at radius 3 is 2.81 bits per heavy atom. The Morgan fingerprint density at radius 1 is 1.31 bits per heavy atom. The van der Waals surface area contributed by atoms with Crippen molar-refractivity contribution in [3.63, 3.8) is 0 Å². The van der Waals surface area contributed by atoms with Crippen LogP contribution in [0.4, 0.5) is 4.79 Å². The van der Waals surface area contributed by atoms with E-state index in [9.17, 15) is 9.59 Å². The molecule has 0 unspecified atom stereocenters. The van der Waals surface area contributed by atoms with Gasteiger partial charge in [0.15, 0.2) is 0 Å². The van der Waals surface area contributed by atoms with E-state index in [0.29, 0.717) is 24.2 Å². The first kappa shape index (κ1) is 17.9. The lowest BCUT2D eigenvalue weighted by Gasteiger charge is -2.62. The van der Waals surface area contributed by atoms with Gasteiger partial charge in [-0.15, -0.1) is 0 Å². The van der Waals surface area contributed by atoms with Gasteiger partial charge in [-0.25, -0.2) is 4.79 Å². The molecule has 2 heterocycles. The number of carbonyl (C=O) groups is 2. The van der Waals surface area contributed by atoms with Crippen molar-refractivity contribution in [3.05, 3.63) is 11.3 Å². The number of rotatable bonds is 0. The van der Waals surface area contributed by atoms with E-state index in [2.05, 4.69) is 17.1 Å². The summed E-state index contributed by atoms with van der Waals surface area (Å²) in [4.78, 5) is 27.3. The Bertz CT molecular complexity index is 663. The number of hydrogen-bond donors (Lipinski definition) is 1. The lowest BCUT2D eigenvalue weighted by molar-refractivity contribution is -0.122. The summed E-state index contributed by atoms with van der Waals surface area (Å²) in [5.41, 5.74) is 1.71. The predicted molar refractivity (Wildman–Crippen MR) is 99.3 cm³/mol. The van der Waals surface area contributed by atoms with Gasteiger partial charge in [-0.3, -0.25) is 9.69 Å². The molecule has 4 atom stereocenters. The van der Waals surface area contributed by atoms with E-state index >= 15 is 0 Å². The Balaban J connectivity index is 1.80. The van der Waals surface area contributed by atoms with Gasteiger partial charge in [0, 0.05) is 18.7 Å². The zero-order valence-electron chi connectivity index (χ0n) is 16.6. The molecule has 2 aliphatic heterocycles. The third-order valence-corrected chi connectivity index (χ3v) is 6.79. The summed E-state index contributed by atoms with van der Waals surface area (Å²) in [7, 11) is 0. The number of ether oxygens (including phenoxy) is 1. The van der Waals surface area contributed by atoms with Crippen LogP contribution < -0.4 is 5.32 Å². The summed E-state index contributed by atoms with van der Waals surface area (Å²) in [6.07, 6.45) is 6.54. The molecule has 144 valence electrons. The maximum atomic E-state index is 13.2. The fraction of sp³-hybridized carbons (Fsp3) is 0.810. The highest BCUT2D eigenvalue weighted by molar-refractivity contribution is 5.80. The number of carbonyl (C=O) groups excluding carboxylic acids is 2. The minimum atomic E-state index is -0.493. The van der Waals surface area contributed by atoms with E-state index in [4.69, 9.17) is 4.74 Å². The minimum Gasteiger partial charge on any atom is -0.444 e. The van der Waals surface area contributed by atoms with E-state index in [1.165, 1.54) is 18.4 Å². The average Bonchev–Trinajstić information content (AvgIpc) is 2.51. The van der Waals surface area contributed by atoms with Gasteiger partial charge in [0.1, 0.15) is 5.60 Å². The smallest absolute Gasteiger partial charge is 0.411 e. The van der Waals surface area contributed by atoms with Crippen molar-refractivity contribution in [2.24, 2.45) is 17.8 Å². The first-order valence-electron chi connectivity index (χ1n) is 10.2. The number of piperidine rings is 1. The predicted octanol–water partition coefficient (Wildman–Crippen LogP) is 3.99. The normalized spacial score (nSPS) is 36.8. The second-order valence-corrected chi connectivity index (χ2v) is 9.82. The lowest BCUT2D eigenvalue weighted by atomic mass is 9.52. The van der Waals surface area contributed by atoms with E-state index in [-0.39, 0.29) is 17.5 Å². The SMILES string of the molecule is C[C@@H]1C[C@H]2CC3=C(CCC(=O)N3)[C@@]3(C1)[C@@H]2CCCN3C(=O)OC(C)(C)C. The van der Waals surface area contributed by atoms with E-state index in [0.717, 1.165) is 37.9 Å². The molecule has 5 heteroatoms. The van der Waals surface area contributed by atoms with Gasteiger partial charge in [0.25, 0.3) is 0 Å². The van der Waals surface area contributed by atoms with Gasteiger partial charge in [-0.2, -0.15) is 0 Å². The van der Waals surface area contributed by atoms with Crippen LogP contribution in [0.15, 0.2) is 11.3 Å². The quantitative estimate of drug-likeness (QED) is 0.711. The number of likely N-dealkylation sites (tertiary alicyclic amines) is 1. The Hall–Kier alpha value is -1.52. The van der Waals surface area contributed by atoms with E-state index < -0.39 is 5.60 Å². The fourth-order valence-electron chi connectivity index (χ4n) is 6.21.